The van der Waals surface area contributed by atoms with Gasteiger partial charge in [0.15, 0.2) is 0 Å². The number of aliphatic hydroxyl groups excluding tert-OH is 1. The quantitative estimate of drug-likeness (QED) is 0.593. The van der Waals surface area contributed by atoms with Gasteiger partial charge < -0.3 is 9.67 Å². The molecular weight excluding hydrogens is 296 g/mol. The highest BCUT2D eigenvalue weighted by Crippen LogP contribution is 2.25. The van der Waals surface area contributed by atoms with Gasteiger partial charge in [0, 0.05) is 6.54 Å². The highest BCUT2D eigenvalue weighted by molar-refractivity contribution is 5.83. The lowest BCUT2D eigenvalue weighted by Crippen LogP contribution is -2.09. The Kier molecular flexibility index (Phi) is 3.79. The van der Waals surface area contributed by atoms with E-state index in [0.29, 0.717) is 13.0 Å². The Morgan fingerprint density at radius 1 is 0.958 bits per heavy atom. The van der Waals surface area contributed by atoms with Gasteiger partial charge >= 0.3 is 0 Å². The normalized spacial score (nSPS) is 12.8. The van der Waals surface area contributed by atoms with Crippen molar-refractivity contribution in [3.8, 4) is 0 Å². The Morgan fingerprint density at radius 2 is 1.71 bits per heavy atom. The van der Waals surface area contributed by atoms with Crippen LogP contribution in [0.15, 0.2) is 66.7 Å². The fourth-order valence-electron chi connectivity index (χ4n) is 3.22. The number of benzene rings is 3. The van der Waals surface area contributed by atoms with Gasteiger partial charge in [-0.05, 0) is 41.0 Å². The molecule has 0 saturated carbocycles. The minimum atomic E-state index is -0.544. The predicted octanol–water partition coefficient (Wildman–Crippen LogP) is 4.68. The van der Waals surface area contributed by atoms with Gasteiger partial charge in [0.05, 0.1) is 11.0 Å². The third kappa shape index (κ3) is 2.57. The number of imidazole rings is 1. The first-order valence-electron chi connectivity index (χ1n) is 8.37. The Labute approximate surface area is 141 Å². The molecule has 24 heavy (non-hydrogen) atoms. The first-order chi connectivity index (χ1) is 11.8. The molecule has 0 fully saturated rings. The van der Waals surface area contributed by atoms with E-state index in [1.807, 2.05) is 25.1 Å². The van der Waals surface area contributed by atoms with Crippen LogP contribution in [-0.2, 0) is 6.54 Å². The molecule has 0 spiro atoms. The monoisotopic (exact) mass is 316 g/mol. The molecule has 3 nitrogen and oxygen atoms in total. The maximum atomic E-state index is 10.4. The molecule has 0 radical (unpaired) electrons. The van der Waals surface area contributed by atoms with Crippen LogP contribution in [0.25, 0.3) is 21.8 Å². The van der Waals surface area contributed by atoms with Crippen LogP contribution < -0.4 is 0 Å². The lowest BCUT2D eigenvalue weighted by atomic mass is 10.1. The molecule has 1 atom stereocenters. The molecule has 0 aliphatic carbocycles. The minimum absolute atomic E-state index is 0.544. The van der Waals surface area contributed by atoms with Crippen molar-refractivity contribution >= 4 is 21.8 Å². The largest absolute Gasteiger partial charge is 0.385 e. The van der Waals surface area contributed by atoms with Crippen LogP contribution in [0.1, 0.15) is 30.8 Å². The maximum Gasteiger partial charge on any atom is 0.139 e. The summed E-state index contributed by atoms with van der Waals surface area (Å²) in [5, 5.41) is 12.9. The van der Waals surface area contributed by atoms with Crippen molar-refractivity contribution < 1.29 is 5.11 Å². The third-order valence-electron chi connectivity index (χ3n) is 4.52. The number of para-hydroxylation sites is 2. The molecule has 1 heterocycles. The van der Waals surface area contributed by atoms with Crippen molar-refractivity contribution in [2.45, 2.75) is 26.0 Å². The molecule has 0 saturated heterocycles. The summed E-state index contributed by atoms with van der Waals surface area (Å²) >= 11 is 0. The van der Waals surface area contributed by atoms with Crippen molar-refractivity contribution in [1.29, 1.82) is 0 Å². The van der Waals surface area contributed by atoms with Crippen LogP contribution >= 0.6 is 0 Å². The number of aliphatic hydroxyl groups is 1. The molecule has 0 amide bonds. The molecule has 4 aromatic rings. The van der Waals surface area contributed by atoms with E-state index in [2.05, 4.69) is 58.1 Å². The summed E-state index contributed by atoms with van der Waals surface area (Å²) < 4.78 is 2.13. The third-order valence-corrected chi connectivity index (χ3v) is 4.52. The van der Waals surface area contributed by atoms with Crippen LogP contribution in [-0.4, -0.2) is 14.7 Å². The van der Waals surface area contributed by atoms with Crippen LogP contribution in [0.4, 0.5) is 0 Å². The molecular formula is C21H20N2O. The van der Waals surface area contributed by atoms with Crippen LogP contribution in [0.3, 0.4) is 0 Å². The predicted molar refractivity (Wildman–Crippen MR) is 98.0 cm³/mol. The SMILES string of the molecule is CC[C@@H](O)c1nc2ccccc2n1Cc1ccc2ccccc2c1. The molecule has 0 bridgehead atoms. The number of hydrogen-bond acceptors (Lipinski definition) is 2. The maximum absolute atomic E-state index is 10.4. The van der Waals surface area contributed by atoms with E-state index in [-0.39, 0.29) is 0 Å². The van der Waals surface area contributed by atoms with Crippen LogP contribution in [0, 0.1) is 0 Å². The van der Waals surface area contributed by atoms with Gasteiger partial charge in [-0.25, -0.2) is 4.98 Å². The van der Waals surface area contributed by atoms with Gasteiger partial charge in [-0.2, -0.15) is 0 Å². The summed E-state index contributed by atoms with van der Waals surface area (Å²) in [6.07, 6.45) is 0.110. The van der Waals surface area contributed by atoms with E-state index < -0.39 is 6.10 Å². The second-order valence-corrected chi connectivity index (χ2v) is 6.15. The summed E-state index contributed by atoms with van der Waals surface area (Å²) in [7, 11) is 0. The van der Waals surface area contributed by atoms with E-state index in [1.54, 1.807) is 0 Å². The number of rotatable bonds is 4. The van der Waals surface area contributed by atoms with Crippen LogP contribution in [0.2, 0.25) is 0 Å². The van der Waals surface area contributed by atoms with E-state index in [4.69, 9.17) is 0 Å². The van der Waals surface area contributed by atoms with Gasteiger partial charge in [0.1, 0.15) is 11.9 Å². The molecule has 0 aliphatic rings. The Bertz CT molecular complexity index is 1000. The fourth-order valence-corrected chi connectivity index (χ4v) is 3.22. The lowest BCUT2D eigenvalue weighted by molar-refractivity contribution is 0.160. The molecule has 1 aromatic heterocycles. The van der Waals surface area contributed by atoms with Gasteiger partial charge in [-0.15, -0.1) is 0 Å². The van der Waals surface area contributed by atoms with Crippen molar-refractivity contribution in [1.82, 2.24) is 9.55 Å². The summed E-state index contributed by atoms with van der Waals surface area (Å²) in [6.45, 7) is 2.68. The standard InChI is InChI=1S/C21H20N2O/c1-2-20(24)21-22-18-9-5-6-10-19(18)23(21)14-15-11-12-16-7-3-4-8-17(16)13-15/h3-13,20,24H,2,14H2,1H3/t20-/m1/s1. The van der Waals surface area contributed by atoms with Gasteiger partial charge in [-0.3, -0.25) is 0 Å². The molecule has 0 unspecified atom stereocenters. The second kappa shape index (κ2) is 6.10. The fraction of sp³-hybridized carbons (Fsp3) is 0.190. The first kappa shape index (κ1) is 14.9. The molecule has 1 N–H and O–H groups in total. The van der Waals surface area contributed by atoms with E-state index in [1.165, 1.54) is 16.3 Å². The second-order valence-electron chi connectivity index (χ2n) is 6.15. The molecule has 4 rings (SSSR count). The Hall–Kier alpha value is -2.65. The van der Waals surface area contributed by atoms with Gasteiger partial charge in [0.2, 0.25) is 0 Å². The van der Waals surface area contributed by atoms with E-state index in [9.17, 15) is 5.11 Å². The summed E-state index contributed by atoms with van der Waals surface area (Å²) in [4.78, 5) is 4.65. The molecule has 3 heteroatoms. The average Bonchev–Trinajstić information content (AvgIpc) is 2.99. The Morgan fingerprint density at radius 3 is 2.54 bits per heavy atom. The molecule has 0 aliphatic heterocycles. The van der Waals surface area contributed by atoms with Crippen LogP contribution in [0.5, 0.6) is 0 Å². The van der Waals surface area contributed by atoms with Crippen molar-refractivity contribution in [3.05, 3.63) is 78.1 Å². The van der Waals surface area contributed by atoms with Crippen molar-refractivity contribution in [2.24, 2.45) is 0 Å². The topological polar surface area (TPSA) is 38.1 Å². The highest BCUT2D eigenvalue weighted by atomic mass is 16.3. The number of hydrogen-bond donors (Lipinski definition) is 1. The van der Waals surface area contributed by atoms with E-state index >= 15 is 0 Å². The molecule has 120 valence electrons. The van der Waals surface area contributed by atoms with E-state index in [0.717, 1.165) is 16.9 Å². The summed E-state index contributed by atoms with van der Waals surface area (Å²) in [6, 6.07) is 23.0. The smallest absolute Gasteiger partial charge is 0.139 e. The number of aromatic nitrogens is 2. The molecule has 3 aromatic carbocycles. The minimum Gasteiger partial charge on any atom is -0.385 e. The Balaban J connectivity index is 1.82. The zero-order valence-electron chi connectivity index (χ0n) is 13.7. The first-order valence-corrected chi connectivity index (χ1v) is 8.37. The number of nitrogens with zero attached hydrogens (tertiary/aromatic N) is 2. The average molecular weight is 316 g/mol. The highest BCUT2D eigenvalue weighted by Gasteiger charge is 2.16. The zero-order chi connectivity index (χ0) is 16.5. The van der Waals surface area contributed by atoms with Gasteiger partial charge in [-0.1, -0.05) is 55.5 Å². The number of fused-ring (bicyclic) bond motifs is 2. The summed E-state index contributed by atoms with van der Waals surface area (Å²) in [5.41, 5.74) is 3.20. The van der Waals surface area contributed by atoms with Crippen molar-refractivity contribution in [2.75, 3.05) is 0 Å². The zero-order valence-corrected chi connectivity index (χ0v) is 13.7. The summed E-state index contributed by atoms with van der Waals surface area (Å²) in [5.74, 6) is 0.742. The van der Waals surface area contributed by atoms with Gasteiger partial charge in [0.25, 0.3) is 0 Å². The van der Waals surface area contributed by atoms with Crippen molar-refractivity contribution in [3.63, 3.8) is 0 Å². The lowest BCUT2D eigenvalue weighted by Gasteiger charge is -2.13.